The predicted molar refractivity (Wildman–Crippen MR) is 82.4 cm³/mol. The summed E-state index contributed by atoms with van der Waals surface area (Å²) in [7, 11) is 0. The molecule has 0 aliphatic heterocycles. The Hall–Kier alpha value is -1.26. The topological polar surface area (TPSA) is 43.4 Å². The van der Waals surface area contributed by atoms with Gasteiger partial charge in [0.05, 0.1) is 23.7 Å². The van der Waals surface area contributed by atoms with E-state index in [1.807, 2.05) is 12.1 Å². The van der Waals surface area contributed by atoms with Gasteiger partial charge in [0.2, 0.25) is 0 Å². The quantitative estimate of drug-likeness (QED) is 0.296. The standard InChI is InChI=1S/C15H17ClO3S/c1-2-13(5-3-4-10-17)15(18)19-20-11-12-6-8-14(16)9-7-12/h2,6-10,13H,1,3-5,11H2. The minimum Gasteiger partial charge on any atom is -0.391 e. The largest absolute Gasteiger partial charge is 0.391 e. The highest BCUT2D eigenvalue weighted by molar-refractivity contribution is 7.94. The first kappa shape index (κ1) is 16.8. The van der Waals surface area contributed by atoms with Gasteiger partial charge in [-0.15, -0.1) is 6.58 Å². The van der Waals surface area contributed by atoms with Gasteiger partial charge >= 0.3 is 5.97 Å². The Morgan fingerprint density at radius 2 is 2.10 bits per heavy atom. The molecule has 1 rings (SSSR count). The van der Waals surface area contributed by atoms with Crippen LogP contribution >= 0.6 is 23.6 Å². The number of hydrogen-bond donors (Lipinski definition) is 0. The maximum atomic E-state index is 11.8. The number of carbonyl (C=O) groups is 2. The van der Waals surface area contributed by atoms with E-state index in [9.17, 15) is 9.59 Å². The lowest BCUT2D eigenvalue weighted by Crippen LogP contribution is -2.12. The average molecular weight is 313 g/mol. The van der Waals surface area contributed by atoms with Crippen LogP contribution in [0.1, 0.15) is 24.8 Å². The van der Waals surface area contributed by atoms with Crippen molar-refractivity contribution in [2.24, 2.45) is 5.92 Å². The highest BCUT2D eigenvalue weighted by Gasteiger charge is 2.16. The fourth-order valence-corrected chi connectivity index (χ4v) is 2.30. The molecule has 1 atom stereocenters. The van der Waals surface area contributed by atoms with Gasteiger partial charge in [-0.05, 0) is 30.5 Å². The molecule has 0 N–H and O–H groups in total. The molecule has 0 bridgehead atoms. The maximum Gasteiger partial charge on any atom is 0.324 e. The summed E-state index contributed by atoms with van der Waals surface area (Å²) >= 11 is 6.88. The average Bonchev–Trinajstić information content (AvgIpc) is 2.45. The summed E-state index contributed by atoms with van der Waals surface area (Å²) in [5.41, 5.74) is 1.03. The summed E-state index contributed by atoms with van der Waals surface area (Å²) in [6.45, 7) is 3.62. The lowest BCUT2D eigenvalue weighted by molar-refractivity contribution is -0.136. The highest BCUT2D eigenvalue weighted by Crippen LogP contribution is 2.19. The Kier molecular flexibility index (Phi) is 8.07. The third-order valence-electron chi connectivity index (χ3n) is 2.70. The number of benzene rings is 1. The minimum absolute atomic E-state index is 0.315. The lowest BCUT2D eigenvalue weighted by Gasteiger charge is -2.10. The van der Waals surface area contributed by atoms with E-state index in [-0.39, 0.29) is 11.9 Å². The molecular weight excluding hydrogens is 296 g/mol. The van der Waals surface area contributed by atoms with Crippen LogP contribution in [-0.4, -0.2) is 12.3 Å². The maximum absolute atomic E-state index is 11.8. The van der Waals surface area contributed by atoms with E-state index in [1.54, 1.807) is 18.2 Å². The van der Waals surface area contributed by atoms with Crippen molar-refractivity contribution >= 4 is 35.9 Å². The van der Waals surface area contributed by atoms with Crippen LogP contribution in [0.15, 0.2) is 36.9 Å². The van der Waals surface area contributed by atoms with Crippen LogP contribution in [-0.2, 0) is 19.5 Å². The summed E-state index contributed by atoms with van der Waals surface area (Å²) in [5.74, 6) is -0.0984. The summed E-state index contributed by atoms with van der Waals surface area (Å²) < 4.78 is 5.15. The van der Waals surface area contributed by atoms with Crippen molar-refractivity contribution in [1.82, 2.24) is 0 Å². The first-order valence-corrected chi connectivity index (χ1v) is 7.60. The van der Waals surface area contributed by atoms with Crippen LogP contribution in [0.3, 0.4) is 0 Å². The normalized spacial score (nSPS) is 11.7. The Labute approximate surface area is 128 Å². The van der Waals surface area contributed by atoms with Gasteiger partial charge in [0.25, 0.3) is 0 Å². The second-order valence-electron chi connectivity index (χ2n) is 4.23. The Morgan fingerprint density at radius 3 is 2.70 bits per heavy atom. The van der Waals surface area contributed by atoms with Gasteiger partial charge < -0.3 is 8.98 Å². The van der Waals surface area contributed by atoms with Crippen molar-refractivity contribution in [3.63, 3.8) is 0 Å². The summed E-state index contributed by atoms with van der Waals surface area (Å²) in [5, 5.41) is 0.678. The molecule has 5 heteroatoms. The molecule has 0 aliphatic carbocycles. The lowest BCUT2D eigenvalue weighted by atomic mass is 10.0. The number of halogens is 1. The molecule has 0 aromatic heterocycles. The van der Waals surface area contributed by atoms with E-state index in [2.05, 4.69) is 6.58 Å². The zero-order valence-electron chi connectivity index (χ0n) is 11.1. The number of unbranched alkanes of at least 4 members (excludes halogenated alkanes) is 1. The Balaban J connectivity index is 2.31. The number of carbonyl (C=O) groups excluding carboxylic acids is 2. The van der Waals surface area contributed by atoms with Gasteiger partial charge in [0.15, 0.2) is 0 Å². The molecule has 0 aliphatic rings. The minimum atomic E-state index is -0.354. The van der Waals surface area contributed by atoms with Gasteiger partial charge in [-0.1, -0.05) is 29.8 Å². The second-order valence-corrected chi connectivity index (χ2v) is 5.36. The van der Waals surface area contributed by atoms with Crippen molar-refractivity contribution in [3.8, 4) is 0 Å². The summed E-state index contributed by atoms with van der Waals surface area (Å²) in [4.78, 5) is 22.0. The summed E-state index contributed by atoms with van der Waals surface area (Å²) in [6, 6.07) is 7.37. The van der Waals surface area contributed by atoms with Crippen LogP contribution < -0.4 is 0 Å². The molecule has 1 aromatic carbocycles. The molecule has 1 unspecified atom stereocenters. The molecule has 0 amide bonds. The molecule has 0 saturated heterocycles. The monoisotopic (exact) mass is 312 g/mol. The van der Waals surface area contributed by atoms with Crippen molar-refractivity contribution in [2.75, 3.05) is 0 Å². The number of rotatable bonds is 9. The van der Waals surface area contributed by atoms with Gasteiger partial charge in [-0.3, -0.25) is 4.79 Å². The Morgan fingerprint density at radius 1 is 1.40 bits per heavy atom. The van der Waals surface area contributed by atoms with Crippen LogP contribution in [0.5, 0.6) is 0 Å². The first-order valence-electron chi connectivity index (χ1n) is 6.31. The smallest absolute Gasteiger partial charge is 0.324 e. The molecule has 0 heterocycles. The van der Waals surface area contributed by atoms with E-state index < -0.39 is 0 Å². The van der Waals surface area contributed by atoms with Crippen molar-refractivity contribution in [2.45, 2.75) is 25.0 Å². The highest BCUT2D eigenvalue weighted by atomic mass is 35.5. The predicted octanol–water partition coefficient (Wildman–Crippen LogP) is 4.20. The van der Waals surface area contributed by atoms with Gasteiger partial charge in [-0.25, -0.2) is 0 Å². The van der Waals surface area contributed by atoms with Crippen molar-refractivity contribution < 1.29 is 13.8 Å². The van der Waals surface area contributed by atoms with Crippen LogP contribution in [0.25, 0.3) is 0 Å². The molecule has 0 radical (unpaired) electrons. The van der Waals surface area contributed by atoms with E-state index >= 15 is 0 Å². The molecule has 0 saturated carbocycles. The zero-order chi connectivity index (χ0) is 14.8. The number of aldehydes is 1. The second kappa shape index (κ2) is 9.61. The van der Waals surface area contributed by atoms with Crippen LogP contribution in [0.2, 0.25) is 5.02 Å². The molecule has 108 valence electrons. The molecule has 3 nitrogen and oxygen atoms in total. The first-order chi connectivity index (χ1) is 9.67. The SMILES string of the molecule is C=CC(CCCC=O)C(=O)OSCc1ccc(Cl)cc1. The fourth-order valence-electron chi connectivity index (χ4n) is 1.55. The zero-order valence-corrected chi connectivity index (χ0v) is 12.7. The van der Waals surface area contributed by atoms with Gasteiger partial charge in [0, 0.05) is 11.4 Å². The molecule has 1 aromatic rings. The molecule has 0 fully saturated rings. The molecule has 0 spiro atoms. The van der Waals surface area contributed by atoms with Crippen LogP contribution in [0, 0.1) is 5.92 Å². The number of hydrogen-bond acceptors (Lipinski definition) is 4. The van der Waals surface area contributed by atoms with Crippen LogP contribution in [0.4, 0.5) is 0 Å². The third-order valence-corrected chi connectivity index (χ3v) is 3.69. The fraction of sp³-hybridized carbons (Fsp3) is 0.333. The third kappa shape index (κ3) is 6.26. The van der Waals surface area contributed by atoms with E-state index in [0.717, 1.165) is 23.9 Å². The van der Waals surface area contributed by atoms with Gasteiger partial charge in [0.1, 0.15) is 6.29 Å². The van der Waals surface area contributed by atoms with E-state index in [1.165, 1.54) is 0 Å². The Bertz CT molecular complexity index is 445. The van der Waals surface area contributed by atoms with Gasteiger partial charge in [-0.2, -0.15) is 0 Å². The van der Waals surface area contributed by atoms with E-state index in [4.69, 9.17) is 15.8 Å². The van der Waals surface area contributed by atoms with Crippen molar-refractivity contribution in [1.29, 1.82) is 0 Å². The van der Waals surface area contributed by atoms with E-state index in [0.29, 0.717) is 30.0 Å². The van der Waals surface area contributed by atoms with Crippen molar-refractivity contribution in [3.05, 3.63) is 47.5 Å². The molecular formula is C15H17ClO3S. The summed E-state index contributed by atoms with van der Waals surface area (Å²) in [6.07, 6.45) is 4.12. The molecule has 20 heavy (non-hydrogen) atoms.